The number of carbonyl (C=O) groups is 2. The van der Waals surface area contributed by atoms with E-state index in [2.05, 4.69) is 22.0 Å². The Kier molecular flexibility index (Phi) is 4.70. The van der Waals surface area contributed by atoms with Gasteiger partial charge in [-0.3, -0.25) is 4.79 Å². The summed E-state index contributed by atoms with van der Waals surface area (Å²) in [6.45, 7) is 6.73. The number of hydrogen-bond acceptors (Lipinski definition) is 5. The van der Waals surface area contributed by atoms with E-state index in [1.807, 2.05) is 0 Å². The van der Waals surface area contributed by atoms with Crippen LogP contribution in [-0.2, 0) is 4.79 Å². The lowest BCUT2D eigenvalue weighted by Gasteiger charge is -2.35. The number of nitrogens with zero attached hydrogens (tertiary/aromatic N) is 3. The van der Waals surface area contributed by atoms with Crippen LogP contribution in [0.25, 0.3) is 10.9 Å². The summed E-state index contributed by atoms with van der Waals surface area (Å²) in [5, 5.41) is 13.1. The number of carboxylic acid groups (broad SMARTS) is 1. The van der Waals surface area contributed by atoms with Crippen LogP contribution in [0.15, 0.2) is 24.3 Å². The molecule has 0 radical (unpaired) electrons. The highest BCUT2D eigenvalue weighted by atomic mass is 16.4. The summed E-state index contributed by atoms with van der Waals surface area (Å²) in [6.07, 6.45) is 1.85. The van der Waals surface area contributed by atoms with Gasteiger partial charge in [-0.1, -0.05) is 6.92 Å². The van der Waals surface area contributed by atoms with Crippen LogP contribution >= 0.6 is 0 Å². The van der Waals surface area contributed by atoms with Crippen LogP contribution in [0.3, 0.4) is 0 Å². The monoisotopic (exact) mass is 368 g/mol. The van der Waals surface area contributed by atoms with Crippen molar-refractivity contribution in [2.75, 3.05) is 42.9 Å². The number of likely N-dealkylation sites (N-methyl/N-ethyl adjacent to an activating group) is 1. The van der Waals surface area contributed by atoms with Crippen molar-refractivity contribution in [3.05, 3.63) is 29.8 Å². The van der Waals surface area contributed by atoms with Crippen LogP contribution in [0.2, 0.25) is 0 Å². The fourth-order valence-corrected chi connectivity index (χ4v) is 3.51. The van der Waals surface area contributed by atoms with Crippen molar-refractivity contribution in [2.24, 2.45) is 5.92 Å². The topological polar surface area (TPSA) is 85.8 Å². The lowest BCUT2D eigenvalue weighted by molar-refractivity contribution is -0.117. The van der Waals surface area contributed by atoms with E-state index in [1.54, 1.807) is 24.3 Å². The third-order valence-corrected chi connectivity index (χ3v) is 5.38. The minimum absolute atomic E-state index is 0.00426. The second-order valence-corrected chi connectivity index (χ2v) is 7.25. The molecule has 2 heterocycles. The molecule has 27 heavy (non-hydrogen) atoms. The van der Waals surface area contributed by atoms with Gasteiger partial charge >= 0.3 is 5.97 Å². The van der Waals surface area contributed by atoms with Crippen LogP contribution in [0.4, 0.5) is 11.5 Å². The SMILES string of the molecule is CCN1CCN(c2cc(C(=O)O)c3cc(NC(=O)C4CC4)ccc3n2)CC1. The summed E-state index contributed by atoms with van der Waals surface area (Å²) >= 11 is 0. The van der Waals surface area contributed by atoms with Gasteiger partial charge in [-0.25, -0.2) is 9.78 Å². The summed E-state index contributed by atoms with van der Waals surface area (Å²) in [5.74, 6) is -0.182. The molecule has 0 bridgehead atoms. The molecular formula is C20H24N4O3. The van der Waals surface area contributed by atoms with Crippen LogP contribution in [0.5, 0.6) is 0 Å². The van der Waals surface area contributed by atoms with Gasteiger partial charge in [-0.15, -0.1) is 0 Å². The molecule has 2 aliphatic rings. The number of carbonyl (C=O) groups excluding carboxylic acids is 1. The van der Waals surface area contributed by atoms with Crippen molar-refractivity contribution >= 4 is 34.3 Å². The molecule has 2 aromatic rings. The number of nitrogens with one attached hydrogen (secondary N) is 1. The molecule has 1 aliphatic carbocycles. The quantitative estimate of drug-likeness (QED) is 0.843. The molecule has 0 unspecified atom stereocenters. The Morgan fingerprint density at radius 2 is 1.93 bits per heavy atom. The summed E-state index contributed by atoms with van der Waals surface area (Å²) in [4.78, 5) is 33.0. The molecule has 7 heteroatoms. The molecule has 2 N–H and O–H groups in total. The maximum atomic E-state index is 12.0. The Hall–Kier alpha value is -2.67. The number of aromatic carboxylic acids is 1. The minimum atomic E-state index is -0.985. The van der Waals surface area contributed by atoms with E-state index in [4.69, 9.17) is 4.98 Å². The van der Waals surface area contributed by atoms with Crippen molar-refractivity contribution in [1.82, 2.24) is 9.88 Å². The van der Waals surface area contributed by atoms with Gasteiger partial charge in [0.15, 0.2) is 0 Å². The molecular weight excluding hydrogens is 344 g/mol. The highest BCUT2D eigenvalue weighted by Gasteiger charge is 2.29. The average Bonchev–Trinajstić information content (AvgIpc) is 3.52. The summed E-state index contributed by atoms with van der Waals surface area (Å²) < 4.78 is 0. The lowest BCUT2D eigenvalue weighted by atomic mass is 10.1. The Morgan fingerprint density at radius 3 is 2.56 bits per heavy atom. The molecule has 2 fully saturated rings. The van der Waals surface area contributed by atoms with Gasteiger partial charge in [0.1, 0.15) is 5.82 Å². The largest absolute Gasteiger partial charge is 0.478 e. The van der Waals surface area contributed by atoms with Crippen LogP contribution < -0.4 is 10.2 Å². The van der Waals surface area contributed by atoms with Gasteiger partial charge in [-0.2, -0.15) is 0 Å². The van der Waals surface area contributed by atoms with Crippen molar-refractivity contribution in [2.45, 2.75) is 19.8 Å². The number of pyridine rings is 1. The summed E-state index contributed by atoms with van der Waals surface area (Å²) in [6, 6.07) is 6.94. The van der Waals surface area contributed by atoms with E-state index >= 15 is 0 Å². The molecule has 1 aromatic heterocycles. The number of anilines is 2. The zero-order valence-electron chi connectivity index (χ0n) is 15.4. The van der Waals surface area contributed by atoms with Crippen molar-refractivity contribution in [1.29, 1.82) is 0 Å². The first-order valence-corrected chi connectivity index (χ1v) is 9.51. The molecule has 1 saturated heterocycles. The number of carboxylic acids is 1. The molecule has 142 valence electrons. The smallest absolute Gasteiger partial charge is 0.336 e. The van der Waals surface area contributed by atoms with Crippen LogP contribution in [-0.4, -0.2) is 59.6 Å². The second-order valence-electron chi connectivity index (χ2n) is 7.25. The van der Waals surface area contributed by atoms with Crippen LogP contribution in [0.1, 0.15) is 30.1 Å². The molecule has 1 aromatic carbocycles. The molecule has 1 saturated carbocycles. The zero-order valence-corrected chi connectivity index (χ0v) is 15.4. The standard InChI is InChI=1S/C20H24N4O3/c1-2-23-7-9-24(10-8-23)18-12-16(20(26)27)15-11-14(5-6-17(15)22-18)21-19(25)13-3-4-13/h5-6,11-13H,2-4,7-10H2,1H3,(H,21,25)(H,26,27). The van der Waals surface area contributed by atoms with Gasteiger partial charge in [-0.05, 0) is 43.7 Å². The highest BCUT2D eigenvalue weighted by molar-refractivity contribution is 6.05. The number of rotatable bonds is 5. The Balaban J connectivity index is 1.65. The first kappa shape index (κ1) is 17.7. The number of benzene rings is 1. The van der Waals surface area contributed by atoms with Gasteiger partial charge in [0.05, 0.1) is 11.1 Å². The predicted octanol–water partition coefficient (Wildman–Crippen LogP) is 2.42. The Labute approximate surface area is 158 Å². The zero-order chi connectivity index (χ0) is 19.0. The average molecular weight is 368 g/mol. The fraction of sp³-hybridized carbons (Fsp3) is 0.450. The molecule has 1 amide bonds. The molecule has 0 spiro atoms. The maximum Gasteiger partial charge on any atom is 0.336 e. The van der Waals surface area contributed by atoms with E-state index in [0.29, 0.717) is 22.4 Å². The second kappa shape index (κ2) is 7.15. The highest BCUT2D eigenvalue weighted by Crippen LogP contribution is 2.31. The number of hydrogen-bond donors (Lipinski definition) is 2. The molecule has 7 nitrogen and oxygen atoms in total. The summed E-state index contributed by atoms with van der Waals surface area (Å²) in [5.41, 5.74) is 1.47. The Morgan fingerprint density at radius 1 is 1.19 bits per heavy atom. The number of amides is 1. The Bertz CT molecular complexity index is 886. The van der Waals surface area contributed by atoms with Gasteiger partial charge < -0.3 is 20.2 Å². The number of piperazine rings is 1. The predicted molar refractivity (Wildman–Crippen MR) is 104 cm³/mol. The normalized spacial score (nSPS) is 17.9. The van der Waals surface area contributed by atoms with E-state index in [1.165, 1.54) is 0 Å². The maximum absolute atomic E-state index is 12.0. The fourth-order valence-electron chi connectivity index (χ4n) is 3.51. The van der Waals surface area contributed by atoms with E-state index in [-0.39, 0.29) is 17.4 Å². The van der Waals surface area contributed by atoms with Crippen molar-refractivity contribution in [3.8, 4) is 0 Å². The van der Waals surface area contributed by atoms with E-state index in [9.17, 15) is 14.7 Å². The van der Waals surface area contributed by atoms with E-state index in [0.717, 1.165) is 45.6 Å². The first-order valence-electron chi connectivity index (χ1n) is 9.51. The van der Waals surface area contributed by atoms with Gasteiger partial charge in [0.2, 0.25) is 5.91 Å². The lowest BCUT2D eigenvalue weighted by Crippen LogP contribution is -2.46. The molecule has 4 rings (SSSR count). The minimum Gasteiger partial charge on any atom is -0.478 e. The third kappa shape index (κ3) is 3.73. The third-order valence-electron chi connectivity index (χ3n) is 5.38. The van der Waals surface area contributed by atoms with Crippen molar-refractivity contribution in [3.63, 3.8) is 0 Å². The summed E-state index contributed by atoms with van der Waals surface area (Å²) in [7, 11) is 0. The molecule has 0 atom stereocenters. The number of aromatic nitrogens is 1. The van der Waals surface area contributed by atoms with Crippen LogP contribution in [0, 0.1) is 5.92 Å². The van der Waals surface area contributed by atoms with E-state index < -0.39 is 5.97 Å². The number of fused-ring (bicyclic) bond motifs is 1. The van der Waals surface area contributed by atoms with Gasteiger partial charge in [0.25, 0.3) is 0 Å². The van der Waals surface area contributed by atoms with Gasteiger partial charge in [0, 0.05) is 43.2 Å². The first-order chi connectivity index (χ1) is 13.0. The van der Waals surface area contributed by atoms with Crippen molar-refractivity contribution < 1.29 is 14.7 Å². The molecule has 1 aliphatic heterocycles.